The molecule has 1 fully saturated rings. The maximum absolute atomic E-state index is 12.4. The second-order valence-corrected chi connectivity index (χ2v) is 7.63. The number of likely N-dealkylation sites (tertiary alicyclic amines) is 1. The number of carbonyl (C=O) groups excluding carboxylic acids is 1. The number of carbonyl (C=O) groups is 1. The van der Waals surface area contributed by atoms with Gasteiger partial charge in [-0.1, -0.05) is 0 Å². The molecule has 8 nitrogen and oxygen atoms in total. The number of methoxy groups -OCH3 is 2. The quantitative estimate of drug-likeness (QED) is 0.861. The Bertz CT molecular complexity index is 677. The molecule has 1 N–H and O–H groups in total. The molecule has 2 rings (SSSR count). The lowest BCUT2D eigenvalue weighted by Gasteiger charge is -2.24. The smallest absolute Gasteiger partial charge is 0.322 e. The first-order chi connectivity index (χ1) is 10.8. The summed E-state index contributed by atoms with van der Waals surface area (Å²) in [5, 5.41) is 2.72. The highest BCUT2D eigenvalue weighted by molar-refractivity contribution is 7.90. The average Bonchev–Trinajstić information content (AvgIpc) is 2.93. The van der Waals surface area contributed by atoms with Gasteiger partial charge in [-0.3, -0.25) is 0 Å². The molecule has 128 valence electrons. The van der Waals surface area contributed by atoms with Gasteiger partial charge in [-0.2, -0.15) is 0 Å². The Kier molecular flexibility index (Phi) is 5.30. The fourth-order valence-corrected chi connectivity index (χ4v) is 3.67. The van der Waals surface area contributed by atoms with E-state index in [4.69, 9.17) is 9.47 Å². The van der Waals surface area contributed by atoms with Crippen LogP contribution in [0.3, 0.4) is 0 Å². The number of amides is 2. The van der Waals surface area contributed by atoms with Crippen molar-refractivity contribution in [1.82, 2.24) is 9.88 Å². The Balaban J connectivity index is 2.09. The topological polar surface area (TPSA) is 97.8 Å². The van der Waals surface area contributed by atoms with Crippen LogP contribution in [0, 0.1) is 0 Å². The van der Waals surface area contributed by atoms with Crippen LogP contribution in [0.5, 0.6) is 11.6 Å². The van der Waals surface area contributed by atoms with Crippen molar-refractivity contribution in [2.75, 3.05) is 38.1 Å². The Labute approximate surface area is 135 Å². The van der Waals surface area contributed by atoms with E-state index >= 15 is 0 Å². The second-order valence-electron chi connectivity index (χ2n) is 5.45. The average molecular weight is 343 g/mol. The van der Waals surface area contributed by atoms with E-state index in [9.17, 15) is 13.2 Å². The molecule has 0 bridgehead atoms. The van der Waals surface area contributed by atoms with Crippen molar-refractivity contribution < 1.29 is 22.7 Å². The molecule has 0 spiro atoms. The fourth-order valence-electron chi connectivity index (χ4n) is 2.62. The molecule has 1 aliphatic rings. The highest BCUT2D eigenvalue weighted by Gasteiger charge is 2.31. The normalized spacial score (nSPS) is 17.9. The summed E-state index contributed by atoms with van der Waals surface area (Å²) in [6, 6.07) is 0.967. The minimum Gasteiger partial charge on any atom is -0.491 e. The molecule has 0 aromatic carbocycles. The molecule has 9 heteroatoms. The summed E-state index contributed by atoms with van der Waals surface area (Å²) >= 11 is 0. The molecule has 0 aliphatic carbocycles. The zero-order valence-corrected chi connectivity index (χ0v) is 14.2. The summed E-state index contributed by atoms with van der Waals surface area (Å²) in [5.41, 5.74) is 0.456. The predicted molar refractivity (Wildman–Crippen MR) is 85.8 cm³/mol. The minimum absolute atomic E-state index is 0.0232. The standard InChI is InChI=1S/C14H21N3O5S/c1-21-12-7-10(8-15-13(12)22-2)16-14(18)17-6-4-5-11(17)9-23(3,19)20/h7-8,11H,4-6,9H2,1-3H3,(H,16,18)/t11-/m1/s1. The van der Waals surface area contributed by atoms with Crippen LogP contribution in [-0.2, 0) is 9.84 Å². The predicted octanol–water partition coefficient (Wildman–Crippen LogP) is 1.14. The van der Waals surface area contributed by atoms with Crippen LogP contribution in [0.25, 0.3) is 0 Å². The van der Waals surface area contributed by atoms with Crippen molar-refractivity contribution in [3.8, 4) is 11.6 Å². The van der Waals surface area contributed by atoms with Crippen LogP contribution in [0.1, 0.15) is 12.8 Å². The first kappa shape index (κ1) is 17.3. The lowest BCUT2D eigenvalue weighted by Crippen LogP contribution is -2.41. The number of anilines is 1. The molecule has 2 heterocycles. The van der Waals surface area contributed by atoms with E-state index in [0.29, 0.717) is 30.3 Å². The first-order valence-electron chi connectivity index (χ1n) is 7.17. The number of nitrogens with one attached hydrogen (secondary N) is 1. The van der Waals surface area contributed by atoms with Crippen LogP contribution in [-0.4, -0.2) is 63.1 Å². The number of nitrogens with zero attached hydrogens (tertiary/aromatic N) is 2. The summed E-state index contributed by atoms with van der Waals surface area (Å²) in [6.07, 6.45) is 4.11. The zero-order chi connectivity index (χ0) is 17.0. The van der Waals surface area contributed by atoms with E-state index in [2.05, 4.69) is 10.3 Å². The van der Waals surface area contributed by atoms with Crippen LogP contribution in [0.15, 0.2) is 12.3 Å². The molecule has 2 amide bonds. The molecule has 0 saturated carbocycles. The number of ether oxygens (including phenoxy) is 2. The van der Waals surface area contributed by atoms with Crippen LogP contribution in [0.2, 0.25) is 0 Å². The van der Waals surface area contributed by atoms with Gasteiger partial charge < -0.3 is 19.7 Å². The highest BCUT2D eigenvalue weighted by Crippen LogP contribution is 2.27. The van der Waals surface area contributed by atoms with Crippen molar-refractivity contribution in [3.05, 3.63) is 12.3 Å². The van der Waals surface area contributed by atoms with Crippen molar-refractivity contribution in [1.29, 1.82) is 0 Å². The van der Waals surface area contributed by atoms with E-state index in [-0.39, 0.29) is 17.8 Å². The molecular formula is C14H21N3O5S. The Morgan fingerprint density at radius 2 is 2.17 bits per heavy atom. The van der Waals surface area contributed by atoms with Crippen molar-refractivity contribution in [3.63, 3.8) is 0 Å². The molecular weight excluding hydrogens is 322 g/mol. The number of urea groups is 1. The van der Waals surface area contributed by atoms with E-state index in [1.807, 2.05) is 0 Å². The molecule has 1 aromatic heterocycles. The summed E-state index contributed by atoms with van der Waals surface area (Å²) in [7, 11) is -0.182. The van der Waals surface area contributed by atoms with E-state index in [1.54, 1.807) is 11.0 Å². The highest BCUT2D eigenvalue weighted by atomic mass is 32.2. The maximum atomic E-state index is 12.4. The monoisotopic (exact) mass is 343 g/mol. The maximum Gasteiger partial charge on any atom is 0.322 e. The SMILES string of the molecule is COc1cc(NC(=O)N2CCC[C@@H]2CS(C)(=O)=O)cnc1OC. The first-order valence-corrected chi connectivity index (χ1v) is 9.23. The van der Waals surface area contributed by atoms with E-state index in [0.717, 1.165) is 6.42 Å². The molecule has 1 aliphatic heterocycles. The van der Waals surface area contributed by atoms with Gasteiger partial charge in [0.15, 0.2) is 5.75 Å². The Morgan fingerprint density at radius 1 is 1.43 bits per heavy atom. The third-order valence-corrected chi connectivity index (χ3v) is 4.61. The lowest BCUT2D eigenvalue weighted by atomic mass is 10.2. The number of sulfone groups is 1. The minimum atomic E-state index is -3.14. The third-order valence-electron chi connectivity index (χ3n) is 3.62. The summed E-state index contributed by atoms with van der Waals surface area (Å²) < 4.78 is 33.1. The number of aromatic nitrogens is 1. The van der Waals surface area contributed by atoms with Gasteiger partial charge in [0.1, 0.15) is 9.84 Å². The largest absolute Gasteiger partial charge is 0.491 e. The van der Waals surface area contributed by atoms with Crippen molar-refractivity contribution in [2.45, 2.75) is 18.9 Å². The molecule has 1 aromatic rings. The van der Waals surface area contributed by atoms with Gasteiger partial charge in [0.25, 0.3) is 5.88 Å². The lowest BCUT2D eigenvalue weighted by molar-refractivity contribution is 0.210. The van der Waals surface area contributed by atoms with Crippen molar-refractivity contribution >= 4 is 21.6 Å². The number of rotatable bonds is 5. The number of hydrogen-bond acceptors (Lipinski definition) is 6. The van der Waals surface area contributed by atoms with Gasteiger partial charge in [-0.05, 0) is 12.8 Å². The van der Waals surface area contributed by atoms with Crippen LogP contribution in [0.4, 0.5) is 10.5 Å². The Hall–Kier alpha value is -2.03. The van der Waals surface area contributed by atoms with Gasteiger partial charge in [-0.25, -0.2) is 18.2 Å². The zero-order valence-electron chi connectivity index (χ0n) is 13.4. The Morgan fingerprint density at radius 3 is 2.78 bits per heavy atom. The molecule has 1 atom stereocenters. The van der Waals surface area contributed by atoms with Gasteiger partial charge >= 0.3 is 6.03 Å². The van der Waals surface area contributed by atoms with Crippen LogP contribution < -0.4 is 14.8 Å². The summed E-state index contributed by atoms with van der Waals surface area (Å²) in [6.45, 7) is 0.534. The van der Waals surface area contributed by atoms with Gasteiger partial charge in [0.2, 0.25) is 0 Å². The van der Waals surface area contributed by atoms with E-state index < -0.39 is 9.84 Å². The summed E-state index contributed by atoms with van der Waals surface area (Å²) in [5.74, 6) is 0.700. The third kappa shape index (κ3) is 4.47. The van der Waals surface area contributed by atoms with Crippen molar-refractivity contribution in [2.24, 2.45) is 0 Å². The van der Waals surface area contributed by atoms with E-state index in [1.165, 1.54) is 26.7 Å². The number of hydrogen-bond donors (Lipinski definition) is 1. The van der Waals surface area contributed by atoms with Gasteiger partial charge in [0.05, 0.1) is 31.9 Å². The van der Waals surface area contributed by atoms with Gasteiger partial charge in [0, 0.05) is 24.9 Å². The molecule has 23 heavy (non-hydrogen) atoms. The van der Waals surface area contributed by atoms with Gasteiger partial charge in [-0.15, -0.1) is 0 Å². The molecule has 1 saturated heterocycles. The second kappa shape index (κ2) is 7.03. The summed E-state index contributed by atoms with van der Waals surface area (Å²) in [4.78, 5) is 18.0. The van der Waals surface area contributed by atoms with Crippen LogP contribution >= 0.6 is 0 Å². The molecule has 0 unspecified atom stereocenters. The number of pyridine rings is 1. The molecule has 0 radical (unpaired) electrons. The fraction of sp³-hybridized carbons (Fsp3) is 0.571.